The summed E-state index contributed by atoms with van der Waals surface area (Å²) in [6.45, 7) is 1.23. The second-order valence-electron chi connectivity index (χ2n) is 16.5. The van der Waals surface area contributed by atoms with Gasteiger partial charge < -0.3 is 58.9 Å². The van der Waals surface area contributed by atoms with Crippen molar-refractivity contribution in [3.8, 4) is 0 Å². The number of Topliss-reactive ketones (excluding diaryl/α,β-unsaturated/α-hetero) is 1. The number of amides is 1. The molecule has 0 aliphatic carbocycles. The lowest BCUT2D eigenvalue weighted by Crippen LogP contribution is -2.83. The van der Waals surface area contributed by atoms with Gasteiger partial charge in [-0.1, -0.05) is 73.9 Å². The second-order valence-corrected chi connectivity index (χ2v) is 16.8. The molecule has 2 fully saturated rings. The first-order chi connectivity index (χ1) is 33.0. The molecule has 3 aromatic rings. The van der Waals surface area contributed by atoms with Crippen LogP contribution in [-0.2, 0) is 52.3 Å². The highest BCUT2D eigenvalue weighted by Crippen LogP contribution is 2.46. The summed E-state index contributed by atoms with van der Waals surface area (Å²) in [6.07, 6.45) is -15.6. The molecular weight excluding hydrogens is 926 g/mol. The molecule has 0 radical (unpaired) electrons. The van der Waals surface area contributed by atoms with Gasteiger partial charge in [-0.25, -0.2) is 19.2 Å². The number of aliphatic hydroxyl groups is 4. The van der Waals surface area contributed by atoms with Gasteiger partial charge >= 0.3 is 23.9 Å². The van der Waals surface area contributed by atoms with E-state index in [4.69, 9.17) is 44.8 Å². The lowest BCUT2D eigenvalue weighted by Gasteiger charge is -2.59. The number of esters is 4. The van der Waals surface area contributed by atoms with Crippen LogP contribution in [0.1, 0.15) is 89.9 Å². The molecule has 2 saturated heterocycles. The maximum atomic E-state index is 14.3. The molecule has 5 rings (SSSR count). The Morgan fingerprint density at radius 1 is 0.754 bits per heavy atom. The lowest BCUT2D eigenvalue weighted by molar-refractivity contribution is -0.379. The van der Waals surface area contributed by atoms with Gasteiger partial charge in [-0.15, -0.1) is 11.6 Å². The smallest absolute Gasteiger partial charge is 0.338 e. The number of rotatable bonds is 22. The van der Waals surface area contributed by atoms with Crippen LogP contribution in [0.2, 0.25) is 0 Å². The van der Waals surface area contributed by atoms with Crippen molar-refractivity contribution in [3.63, 3.8) is 0 Å². The summed E-state index contributed by atoms with van der Waals surface area (Å²) in [5.74, 6) is -8.01. The number of alkyl halides is 1. The number of allylic oxidation sites excluding steroid dienone is 1. The Hall–Kier alpha value is -6.02. The van der Waals surface area contributed by atoms with Crippen LogP contribution in [0.25, 0.3) is 0 Å². The van der Waals surface area contributed by atoms with E-state index < -0.39 is 121 Å². The summed E-state index contributed by atoms with van der Waals surface area (Å²) in [5, 5.41) is 52.9. The number of hydrogen-bond donors (Lipinski definition) is 5. The molecule has 19 nitrogen and oxygen atoms in total. The Labute approximate surface area is 402 Å². The predicted molar refractivity (Wildman–Crippen MR) is 241 cm³/mol. The van der Waals surface area contributed by atoms with E-state index in [0.717, 1.165) is 13.8 Å². The van der Waals surface area contributed by atoms with Gasteiger partial charge in [-0.05, 0) is 49.2 Å². The number of carbonyl (C=O) groups excluding carboxylic acids is 7. The van der Waals surface area contributed by atoms with Crippen LogP contribution >= 0.6 is 11.6 Å². The number of nitrogens with one attached hydrogen (secondary N) is 1. The minimum Gasteiger partial charge on any atom is -0.490 e. The second kappa shape index (κ2) is 25.0. The quantitative estimate of drug-likeness (QED) is 0.0242. The fourth-order valence-corrected chi connectivity index (χ4v) is 8.52. The number of halogens is 1. The van der Waals surface area contributed by atoms with Gasteiger partial charge in [-0.2, -0.15) is 0 Å². The molecular formula is C49H56ClNO18. The summed E-state index contributed by atoms with van der Waals surface area (Å²) in [7, 11) is 1.36. The van der Waals surface area contributed by atoms with Crippen LogP contribution in [0.3, 0.4) is 0 Å². The highest BCUT2D eigenvalue weighted by Gasteiger charge is 2.71. The zero-order valence-electron chi connectivity index (χ0n) is 38.1. The molecule has 11 atom stereocenters. The minimum absolute atomic E-state index is 0.0670. The van der Waals surface area contributed by atoms with E-state index in [-0.39, 0.29) is 28.9 Å². The van der Waals surface area contributed by atoms with Crippen molar-refractivity contribution >= 4 is 53.1 Å². The molecule has 0 aromatic heterocycles. The number of unbranched alkanes of at least 4 members (excludes halogenated alkanes) is 4. The Morgan fingerprint density at radius 2 is 1.25 bits per heavy atom. The maximum absolute atomic E-state index is 14.3. The molecule has 1 unspecified atom stereocenters. The molecule has 3 aromatic carbocycles. The molecule has 20 heteroatoms. The molecule has 372 valence electrons. The Bertz CT molecular complexity index is 2280. The van der Waals surface area contributed by atoms with Crippen molar-refractivity contribution in [1.82, 2.24) is 5.32 Å². The number of benzene rings is 3. The molecule has 2 aliphatic heterocycles. The van der Waals surface area contributed by atoms with Crippen molar-refractivity contribution in [2.45, 2.75) is 125 Å². The van der Waals surface area contributed by atoms with Crippen molar-refractivity contribution in [2.24, 2.45) is 0 Å². The highest BCUT2D eigenvalue weighted by molar-refractivity contribution is 6.28. The van der Waals surface area contributed by atoms with Crippen LogP contribution in [0.5, 0.6) is 0 Å². The summed E-state index contributed by atoms with van der Waals surface area (Å²) in [5.41, 5.74) is -3.49. The molecule has 2 aliphatic rings. The van der Waals surface area contributed by atoms with E-state index in [1.165, 1.54) is 79.9 Å². The Kier molecular flexibility index (Phi) is 19.6. The number of carbonyl (C=O) groups is 6. The molecule has 69 heavy (non-hydrogen) atoms. The van der Waals surface area contributed by atoms with Gasteiger partial charge in [0.15, 0.2) is 41.6 Å². The van der Waals surface area contributed by atoms with Gasteiger partial charge in [0, 0.05) is 26.7 Å². The fourth-order valence-electron chi connectivity index (χ4n) is 8.36. The molecule has 5 N–H and O–H groups in total. The van der Waals surface area contributed by atoms with Gasteiger partial charge in [-0.3, -0.25) is 14.4 Å². The average molecular weight is 982 g/mol. The number of ketones is 1. The maximum Gasteiger partial charge on any atom is 0.338 e. The average Bonchev–Trinajstić information content (AvgIpc) is 3.35. The molecule has 1 amide bonds. The van der Waals surface area contributed by atoms with Gasteiger partial charge in [0.2, 0.25) is 5.91 Å². The molecule has 0 spiro atoms. The normalized spacial score (nSPS) is 26.8. The predicted octanol–water partition coefficient (Wildman–Crippen LogP) is 2.94. The van der Waals surface area contributed by atoms with E-state index in [9.17, 15) is 54.0 Å². The van der Waals surface area contributed by atoms with Crippen molar-refractivity contribution < 1.29 is 87.1 Å². The third-order valence-electron chi connectivity index (χ3n) is 11.8. The Balaban J connectivity index is 1.72. The topological polar surface area (TPSA) is 277 Å². The summed E-state index contributed by atoms with van der Waals surface area (Å²) >= 11 is 5.95. The summed E-state index contributed by atoms with van der Waals surface area (Å²) in [6, 6.07) is 19.8. The van der Waals surface area contributed by atoms with E-state index in [1.54, 1.807) is 24.1 Å². The largest absolute Gasteiger partial charge is 0.490 e. The highest BCUT2D eigenvalue weighted by atomic mass is 35.5. The van der Waals surface area contributed by atoms with Crippen molar-refractivity contribution in [1.29, 1.82) is 0 Å². The van der Waals surface area contributed by atoms with E-state index in [1.807, 2.05) is 0 Å². The summed E-state index contributed by atoms with van der Waals surface area (Å²) in [4.78, 5) is 92.4. The van der Waals surface area contributed by atoms with Crippen LogP contribution in [0.4, 0.5) is 0 Å². The Morgan fingerprint density at radius 3 is 1.72 bits per heavy atom. The van der Waals surface area contributed by atoms with E-state index in [0.29, 0.717) is 32.1 Å². The van der Waals surface area contributed by atoms with Crippen LogP contribution in [0, 0.1) is 0 Å². The fraction of sp³-hybridized carbons (Fsp3) is 0.469. The van der Waals surface area contributed by atoms with Gasteiger partial charge in [0.05, 0.1) is 29.7 Å². The SMILES string of the molecule is COC(=C=O)CCCCCCC[C@@]1(O)O[C@H](COC(C)=O)[C@@H](O)[C@@](O)([C@@H]2O[C@H](C(O)C(=O)CCl)[C@H](OC(=O)c3ccccc3)[C@H](OC(=O)c3ccccc3)[C@H]2OC(=O)c2ccccc2)[C@H]1NC(C)=O. The van der Waals surface area contributed by atoms with Crippen molar-refractivity contribution in [2.75, 3.05) is 19.6 Å². The number of hydrogen-bond acceptors (Lipinski definition) is 18. The molecule has 2 heterocycles. The number of ether oxygens (including phenoxy) is 7. The van der Waals surface area contributed by atoms with E-state index >= 15 is 0 Å². The van der Waals surface area contributed by atoms with E-state index in [2.05, 4.69) is 5.32 Å². The zero-order valence-corrected chi connectivity index (χ0v) is 38.9. The third kappa shape index (κ3) is 13.4. The van der Waals surface area contributed by atoms with Crippen LogP contribution in [-0.4, -0.2) is 148 Å². The minimum atomic E-state index is -3.23. The molecule has 0 bridgehead atoms. The number of methoxy groups -OCH3 is 1. The first-order valence-electron chi connectivity index (χ1n) is 22.2. The van der Waals surface area contributed by atoms with Crippen LogP contribution in [0.15, 0.2) is 96.8 Å². The first kappa shape index (κ1) is 53.9. The number of aliphatic hydroxyl groups excluding tert-OH is 2. The van der Waals surface area contributed by atoms with Crippen molar-refractivity contribution in [3.05, 3.63) is 113 Å². The third-order valence-corrected chi connectivity index (χ3v) is 12.0. The van der Waals surface area contributed by atoms with Crippen LogP contribution < -0.4 is 5.32 Å². The van der Waals surface area contributed by atoms with Gasteiger partial charge in [0.1, 0.15) is 48.8 Å². The zero-order chi connectivity index (χ0) is 50.3. The molecule has 0 saturated carbocycles. The first-order valence-corrected chi connectivity index (χ1v) is 22.7. The van der Waals surface area contributed by atoms with Gasteiger partial charge in [0.25, 0.3) is 0 Å². The monoisotopic (exact) mass is 981 g/mol. The standard InChI is InChI=1S/C49H56ClNO18/c1-29(53)51-47-48(61,25-17-6-4-5-16-24-34(27-52)63-3)69-36(28-64-30(2)54)42(57)49(47,62)43-41(68-46(60)33-22-14-9-15-23-33)40(67-45(59)32-20-12-8-13-21-32)39(38(65-43)37(56)35(55)26-50)66-44(58)31-18-10-7-11-19-31/h7-15,18-23,36-43,47,56-57,61-62H,4-6,16-17,24-26,28H2,1-3H3,(H,51,53)/t36-,37?,38-,39+,40+,41-,42-,43-,47+,48-,49-/m1/s1. The summed E-state index contributed by atoms with van der Waals surface area (Å²) < 4.78 is 40.8. The lowest BCUT2D eigenvalue weighted by atomic mass is 9.69.